The number of amides is 1. The molecule has 0 unspecified atom stereocenters. The fraction of sp³-hybridized carbons (Fsp3) is 0.481. The minimum atomic E-state index is -1.22. The van der Waals surface area contributed by atoms with Gasteiger partial charge in [0.15, 0.2) is 0 Å². The fourth-order valence-corrected chi connectivity index (χ4v) is 5.92. The predicted molar refractivity (Wildman–Crippen MR) is 137 cm³/mol. The molecule has 0 aromatic heterocycles. The topological polar surface area (TPSA) is 67.4 Å². The van der Waals surface area contributed by atoms with E-state index in [1.165, 1.54) is 12.1 Å². The molecular formula is C27H31Cl2FN2O3. The average molecular weight is 521 g/mol. The highest BCUT2D eigenvalue weighted by Gasteiger charge is 2.66. The van der Waals surface area contributed by atoms with Crippen molar-refractivity contribution in [3.05, 3.63) is 63.4 Å². The smallest absolute Gasteiger partial charge is 0.324 e. The predicted octanol–water partition coefficient (Wildman–Crippen LogP) is 6.22. The maximum absolute atomic E-state index is 14.6. The minimum absolute atomic E-state index is 0.187. The number of anilines is 1. The molecule has 0 saturated carbocycles. The van der Waals surface area contributed by atoms with Crippen LogP contribution in [0, 0.1) is 11.2 Å². The quantitative estimate of drug-likeness (QED) is 0.471. The number of fused-ring (bicyclic) bond motifs is 2. The van der Waals surface area contributed by atoms with Gasteiger partial charge in [0.2, 0.25) is 5.91 Å². The highest BCUT2D eigenvalue weighted by atomic mass is 35.5. The van der Waals surface area contributed by atoms with E-state index in [0.29, 0.717) is 28.3 Å². The molecule has 2 N–H and O–H groups in total. The van der Waals surface area contributed by atoms with Crippen LogP contribution in [0.1, 0.15) is 65.0 Å². The third-order valence-electron chi connectivity index (χ3n) is 6.53. The van der Waals surface area contributed by atoms with Gasteiger partial charge in [0.05, 0.1) is 0 Å². The molecule has 5 nitrogen and oxygen atoms in total. The van der Waals surface area contributed by atoms with Crippen LogP contribution in [-0.4, -0.2) is 29.6 Å². The van der Waals surface area contributed by atoms with Crippen LogP contribution in [0.15, 0.2) is 36.4 Å². The van der Waals surface area contributed by atoms with Crippen molar-refractivity contribution in [1.82, 2.24) is 5.32 Å². The van der Waals surface area contributed by atoms with Gasteiger partial charge in [0, 0.05) is 27.7 Å². The average Bonchev–Trinajstić information content (AvgIpc) is 3.14. The van der Waals surface area contributed by atoms with E-state index in [4.69, 9.17) is 27.9 Å². The van der Waals surface area contributed by atoms with Gasteiger partial charge in [-0.25, -0.2) is 4.39 Å². The van der Waals surface area contributed by atoms with Crippen molar-refractivity contribution < 1.29 is 18.7 Å². The molecule has 2 heterocycles. The number of rotatable bonds is 3. The summed E-state index contributed by atoms with van der Waals surface area (Å²) in [6.45, 7) is 11.6. The lowest BCUT2D eigenvalue weighted by Gasteiger charge is -2.37. The number of benzene rings is 2. The van der Waals surface area contributed by atoms with Crippen molar-refractivity contribution in [2.75, 3.05) is 5.32 Å². The summed E-state index contributed by atoms with van der Waals surface area (Å²) < 4.78 is 20.4. The molecule has 1 saturated heterocycles. The number of halogens is 3. The standard InChI is InChI=1S/C27H31Cl2FN2O3/c1-25(2,3)13-20-27(18-8-7-15(28)12-19(18)31-24(27)34)21(14-9-16(29)11-17(30)10-14)22(32-20)23(33)35-26(4,5)6/h7-12,20-22,32H,13H2,1-6H3,(H,31,34)/t20-,21+,22+,27+/m0/s1. The number of esters is 1. The fourth-order valence-electron chi connectivity index (χ4n) is 5.52. The molecule has 2 aliphatic rings. The van der Waals surface area contributed by atoms with Gasteiger partial charge in [-0.1, -0.05) is 50.0 Å². The summed E-state index contributed by atoms with van der Waals surface area (Å²) in [5.74, 6) is -2.10. The maximum atomic E-state index is 14.6. The molecule has 35 heavy (non-hydrogen) atoms. The van der Waals surface area contributed by atoms with E-state index in [1.807, 2.05) is 6.07 Å². The van der Waals surface area contributed by atoms with Crippen LogP contribution in [-0.2, 0) is 19.7 Å². The maximum Gasteiger partial charge on any atom is 0.324 e. The first-order valence-corrected chi connectivity index (χ1v) is 12.4. The van der Waals surface area contributed by atoms with Crippen molar-refractivity contribution in [3.63, 3.8) is 0 Å². The van der Waals surface area contributed by atoms with Crippen LogP contribution < -0.4 is 10.6 Å². The number of carbonyl (C=O) groups excluding carboxylic acids is 2. The first-order chi connectivity index (χ1) is 16.1. The van der Waals surface area contributed by atoms with Crippen LogP contribution in [0.2, 0.25) is 10.0 Å². The first kappa shape index (κ1) is 25.9. The summed E-state index contributed by atoms with van der Waals surface area (Å²) in [7, 11) is 0. The summed E-state index contributed by atoms with van der Waals surface area (Å²) in [6.07, 6.45) is 0.571. The van der Waals surface area contributed by atoms with Crippen LogP contribution >= 0.6 is 23.2 Å². The lowest BCUT2D eigenvalue weighted by Crippen LogP contribution is -2.49. The van der Waals surface area contributed by atoms with Gasteiger partial charge in [-0.2, -0.15) is 0 Å². The van der Waals surface area contributed by atoms with Gasteiger partial charge < -0.3 is 10.1 Å². The molecule has 4 atom stereocenters. The van der Waals surface area contributed by atoms with Gasteiger partial charge >= 0.3 is 5.97 Å². The summed E-state index contributed by atoms with van der Waals surface area (Å²) in [4.78, 5) is 27.6. The number of nitrogens with one attached hydrogen (secondary N) is 2. The zero-order chi connectivity index (χ0) is 25.9. The highest BCUT2D eigenvalue weighted by molar-refractivity contribution is 6.31. The Morgan fingerprint density at radius 2 is 1.74 bits per heavy atom. The Hall–Kier alpha value is -2.15. The highest BCUT2D eigenvalue weighted by Crippen LogP contribution is 2.57. The Morgan fingerprint density at radius 3 is 2.34 bits per heavy atom. The van der Waals surface area contributed by atoms with E-state index in [9.17, 15) is 14.0 Å². The Balaban J connectivity index is 2.00. The molecule has 188 valence electrons. The van der Waals surface area contributed by atoms with Crippen molar-refractivity contribution in [2.45, 2.75) is 77.0 Å². The molecule has 1 amide bonds. The van der Waals surface area contributed by atoms with E-state index >= 15 is 0 Å². The molecule has 8 heteroatoms. The van der Waals surface area contributed by atoms with Gasteiger partial charge in [-0.15, -0.1) is 0 Å². The van der Waals surface area contributed by atoms with Crippen molar-refractivity contribution in [1.29, 1.82) is 0 Å². The Kier molecular flexibility index (Phi) is 6.48. The van der Waals surface area contributed by atoms with E-state index in [-0.39, 0.29) is 16.3 Å². The van der Waals surface area contributed by atoms with E-state index in [0.717, 1.165) is 0 Å². The molecule has 1 fully saturated rings. The van der Waals surface area contributed by atoms with E-state index < -0.39 is 40.8 Å². The molecule has 0 bridgehead atoms. The summed E-state index contributed by atoms with van der Waals surface area (Å²) in [5, 5.41) is 7.09. The Morgan fingerprint density at radius 1 is 1.06 bits per heavy atom. The van der Waals surface area contributed by atoms with Crippen LogP contribution in [0.5, 0.6) is 0 Å². The molecular weight excluding hydrogens is 490 g/mol. The van der Waals surface area contributed by atoms with Crippen molar-refractivity contribution >= 4 is 40.8 Å². The second-order valence-electron chi connectivity index (χ2n) is 11.7. The molecule has 2 aromatic carbocycles. The summed E-state index contributed by atoms with van der Waals surface area (Å²) in [6, 6.07) is 8.06. The second kappa shape index (κ2) is 8.75. The number of ether oxygens (including phenoxy) is 1. The van der Waals surface area contributed by atoms with Crippen LogP contribution in [0.3, 0.4) is 0 Å². The Labute approximate surface area is 215 Å². The third kappa shape index (κ3) is 4.81. The first-order valence-electron chi connectivity index (χ1n) is 11.7. The second-order valence-corrected chi connectivity index (χ2v) is 12.6. The normalized spacial score (nSPS) is 26.1. The molecule has 2 aromatic rings. The largest absolute Gasteiger partial charge is 0.459 e. The SMILES string of the molecule is CC(C)(C)C[C@@H]1N[C@@H](C(=O)OC(C)(C)C)[C@@H](c2cc(F)cc(Cl)c2)[C@]12C(=O)Nc1cc(Cl)ccc12. The lowest BCUT2D eigenvalue weighted by molar-refractivity contribution is -0.157. The van der Waals surface area contributed by atoms with E-state index in [1.54, 1.807) is 39.0 Å². The molecule has 4 rings (SSSR count). The molecule has 0 radical (unpaired) electrons. The monoisotopic (exact) mass is 520 g/mol. The van der Waals surface area contributed by atoms with Crippen molar-refractivity contribution in [3.8, 4) is 0 Å². The molecule has 1 spiro atoms. The zero-order valence-electron chi connectivity index (χ0n) is 20.8. The lowest BCUT2D eigenvalue weighted by atomic mass is 9.62. The van der Waals surface area contributed by atoms with Crippen molar-refractivity contribution in [2.24, 2.45) is 5.41 Å². The molecule has 2 aliphatic heterocycles. The summed E-state index contributed by atoms with van der Waals surface area (Å²) in [5.41, 5.74) is -0.404. The number of carbonyl (C=O) groups is 2. The van der Waals surface area contributed by atoms with Gasteiger partial charge in [-0.3, -0.25) is 14.9 Å². The Bertz CT molecular complexity index is 1170. The van der Waals surface area contributed by atoms with Crippen LogP contribution in [0.25, 0.3) is 0 Å². The van der Waals surface area contributed by atoms with Crippen LogP contribution in [0.4, 0.5) is 10.1 Å². The van der Waals surface area contributed by atoms with Gasteiger partial charge in [0.25, 0.3) is 0 Å². The third-order valence-corrected chi connectivity index (χ3v) is 6.98. The van der Waals surface area contributed by atoms with Gasteiger partial charge in [0.1, 0.15) is 22.9 Å². The summed E-state index contributed by atoms with van der Waals surface area (Å²) >= 11 is 12.5. The number of hydrogen-bond donors (Lipinski definition) is 2. The van der Waals surface area contributed by atoms with Gasteiger partial charge in [-0.05, 0) is 74.1 Å². The minimum Gasteiger partial charge on any atom is -0.459 e. The molecule has 0 aliphatic carbocycles. The zero-order valence-corrected chi connectivity index (χ0v) is 22.3. The number of hydrogen-bond acceptors (Lipinski definition) is 4. The van der Waals surface area contributed by atoms with E-state index in [2.05, 4.69) is 31.4 Å².